The van der Waals surface area contributed by atoms with Gasteiger partial charge in [-0.1, -0.05) is 36.4 Å². The van der Waals surface area contributed by atoms with Gasteiger partial charge in [0.05, 0.1) is 13.2 Å². The van der Waals surface area contributed by atoms with Crippen molar-refractivity contribution in [3.63, 3.8) is 0 Å². The van der Waals surface area contributed by atoms with Crippen LogP contribution in [-0.2, 0) is 29.1 Å². The molecule has 0 radical (unpaired) electrons. The number of amides is 2. The molecule has 30 heavy (non-hydrogen) atoms. The quantitative estimate of drug-likeness (QED) is 0.572. The van der Waals surface area contributed by atoms with Crippen LogP contribution in [0.1, 0.15) is 23.1 Å². The molecule has 2 amide bonds. The van der Waals surface area contributed by atoms with Gasteiger partial charge < -0.3 is 20.7 Å². The fourth-order valence-corrected chi connectivity index (χ4v) is 3.94. The lowest BCUT2D eigenvalue weighted by Crippen LogP contribution is -2.54. The van der Waals surface area contributed by atoms with Gasteiger partial charge in [0.15, 0.2) is 0 Å². The maximum Gasteiger partial charge on any atom is 0.242 e. The summed E-state index contributed by atoms with van der Waals surface area (Å²) >= 11 is 1.66. The van der Waals surface area contributed by atoms with Crippen LogP contribution in [0, 0.1) is 0 Å². The van der Waals surface area contributed by atoms with Crippen molar-refractivity contribution in [3.8, 4) is 5.75 Å². The fourth-order valence-electron chi connectivity index (χ4n) is 3.47. The molecular formula is C23H29N3O3S. The zero-order chi connectivity index (χ0) is 21.3. The zero-order valence-corrected chi connectivity index (χ0v) is 18.3. The number of hydrogen-bond donors (Lipinski definition) is 3. The van der Waals surface area contributed by atoms with Gasteiger partial charge in [0, 0.05) is 13.1 Å². The maximum absolute atomic E-state index is 12.9. The first-order valence-corrected chi connectivity index (χ1v) is 11.5. The molecule has 0 aromatic heterocycles. The smallest absolute Gasteiger partial charge is 0.242 e. The normalized spacial score (nSPS) is 16.3. The monoisotopic (exact) mass is 427 g/mol. The first-order valence-electron chi connectivity index (χ1n) is 10.1. The van der Waals surface area contributed by atoms with E-state index in [9.17, 15) is 9.59 Å². The van der Waals surface area contributed by atoms with Gasteiger partial charge in [0.2, 0.25) is 11.8 Å². The minimum Gasteiger partial charge on any atom is -0.497 e. The number of benzene rings is 2. The van der Waals surface area contributed by atoms with E-state index in [1.807, 2.05) is 42.7 Å². The van der Waals surface area contributed by atoms with Gasteiger partial charge in [-0.3, -0.25) is 9.59 Å². The Bertz CT molecular complexity index is 857. The third-order valence-electron chi connectivity index (χ3n) is 5.27. The molecule has 0 bridgehead atoms. The molecular weight excluding hydrogens is 398 g/mol. The molecule has 1 heterocycles. The Morgan fingerprint density at radius 2 is 1.90 bits per heavy atom. The molecule has 0 saturated carbocycles. The molecule has 3 rings (SSSR count). The van der Waals surface area contributed by atoms with Crippen LogP contribution >= 0.6 is 11.8 Å². The standard InChI is InChI=1S/C23H29N3O3S/c1-29-19-9-7-16(8-10-19)14-25-22(27)20(11-12-30-2)26-23(28)21-13-17-5-3-4-6-18(17)15-24-21/h3-10,20-21,24H,11-15H2,1-2H3,(H,25,27)(H,26,28). The molecule has 7 heteroatoms. The Labute approximate surface area is 182 Å². The van der Waals surface area contributed by atoms with Gasteiger partial charge in [-0.15, -0.1) is 0 Å². The molecule has 2 atom stereocenters. The summed E-state index contributed by atoms with van der Waals surface area (Å²) in [5.41, 5.74) is 3.38. The first-order chi connectivity index (χ1) is 14.6. The van der Waals surface area contributed by atoms with Crippen molar-refractivity contribution in [1.82, 2.24) is 16.0 Å². The number of carbonyl (C=O) groups excluding carboxylic acids is 2. The van der Waals surface area contributed by atoms with Crippen molar-refractivity contribution in [2.45, 2.75) is 38.0 Å². The van der Waals surface area contributed by atoms with Crippen LogP contribution in [0.15, 0.2) is 48.5 Å². The van der Waals surface area contributed by atoms with E-state index in [1.54, 1.807) is 18.9 Å². The van der Waals surface area contributed by atoms with Crippen LogP contribution in [0.5, 0.6) is 5.75 Å². The van der Waals surface area contributed by atoms with Gasteiger partial charge >= 0.3 is 0 Å². The summed E-state index contributed by atoms with van der Waals surface area (Å²) in [5, 5.41) is 9.19. The number of thioether (sulfide) groups is 1. The number of methoxy groups -OCH3 is 1. The van der Waals surface area contributed by atoms with Gasteiger partial charge in [-0.25, -0.2) is 0 Å². The van der Waals surface area contributed by atoms with E-state index >= 15 is 0 Å². The average molecular weight is 428 g/mol. The Kier molecular flexibility index (Phi) is 8.16. The highest BCUT2D eigenvalue weighted by Crippen LogP contribution is 2.16. The molecule has 0 aliphatic carbocycles. The Morgan fingerprint density at radius 3 is 2.60 bits per heavy atom. The second kappa shape index (κ2) is 11.0. The van der Waals surface area contributed by atoms with Crippen LogP contribution in [0.2, 0.25) is 0 Å². The Balaban J connectivity index is 1.57. The number of rotatable bonds is 9. The maximum atomic E-state index is 12.9. The van der Waals surface area contributed by atoms with Gasteiger partial charge in [0.25, 0.3) is 0 Å². The van der Waals surface area contributed by atoms with Crippen LogP contribution in [0.3, 0.4) is 0 Å². The zero-order valence-electron chi connectivity index (χ0n) is 17.4. The van der Waals surface area contributed by atoms with Crippen molar-refractivity contribution in [3.05, 3.63) is 65.2 Å². The first kappa shape index (κ1) is 22.2. The summed E-state index contributed by atoms with van der Waals surface area (Å²) < 4.78 is 5.16. The molecule has 1 aliphatic rings. The summed E-state index contributed by atoms with van der Waals surface area (Å²) in [7, 11) is 1.62. The SMILES string of the molecule is COc1ccc(CNC(=O)C(CCSC)NC(=O)C2Cc3ccccc3CN2)cc1. The highest BCUT2D eigenvalue weighted by atomic mass is 32.2. The van der Waals surface area contributed by atoms with Gasteiger partial charge in [-0.05, 0) is 53.7 Å². The lowest BCUT2D eigenvalue weighted by molar-refractivity contribution is -0.130. The van der Waals surface area contributed by atoms with Crippen molar-refractivity contribution in [2.75, 3.05) is 19.1 Å². The molecule has 2 aromatic rings. The number of fused-ring (bicyclic) bond motifs is 1. The summed E-state index contributed by atoms with van der Waals surface area (Å²) in [5.74, 6) is 1.28. The van der Waals surface area contributed by atoms with Gasteiger partial charge in [0.1, 0.15) is 11.8 Å². The lowest BCUT2D eigenvalue weighted by atomic mass is 9.95. The molecule has 2 aromatic carbocycles. The molecule has 160 valence electrons. The molecule has 2 unspecified atom stereocenters. The largest absolute Gasteiger partial charge is 0.497 e. The van der Waals surface area contributed by atoms with Crippen LogP contribution in [-0.4, -0.2) is 43.0 Å². The van der Waals surface area contributed by atoms with E-state index < -0.39 is 6.04 Å². The second-order valence-electron chi connectivity index (χ2n) is 7.31. The van der Waals surface area contributed by atoms with Crippen LogP contribution in [0.4, 0.5) is 0 Å². The van der Waals surface area contributed by atoms with Crippen molar-refractivity contribution in [1.29, 1.82) is 0 Å². The highest BCUT2D eigenvalue weighted by Gasteiger charge is 2.28. The van der Waals surface area contributed by atoms with E-state index in [0.29, 0.717) is 25.9 Å². The average Bonchev–Trinajstić information content (AvgIpc) is 2.80. The van der Waals surface area contributed by atoms with E-state index in [2.05, 4.69) is 28.1 Å². The molecule has 0 fully saturated rings. The minimum absolute atomic E-state index is 0.129. The van der Waals surface area contributed by atoms with E-state index in [-0.39, 0.29) is 17.9 Å². The Morgan fingerprint density at radius 1 is 1.17 bits per heavy atom. The van der Waals surface area contributed by atoms with Crippen LogP contribution < -0.4 is 20.7 Å². The lowest BCUT2D eigenvalue weighted by Gasteiger charge is -2.27. The van der Waals surface area contributed by atoms with E-state index in [4.69, 9.17) is 4.74 Å². The summed E-state index contributed by atoms with van der Waals surface area (Å²) in [6.07, 6.45) is 3.21. The summed E-state index contributed by atoms with van der Waals surface area (Å²) in [6, 6.07) is 14.8. The third kappa shape index (κ3) is 6.00. The second-order valence-corrected chi connectivity index (χ2v) is 8.30. The summed E-state index contributed by atoms with van der Waals surface area (Å²) in [4.78, 5) is 25.6. The molecule has 6 nitrogen and oxygen atoms in total. The predicted octanol–water partition coefficient (Wildman–Crippen LogP) is 2.26. The molecule has 3 N–H and O–H groups in total. The van der Waals surface area contributed by atoms with E-state index in [1.165, 1.54) is 11.1 Å². The number of hydrogen-bond acceptors (Lipinski definition) is 5. The van der Waals surface area contributed by atoms with Gasteiger partial charge in [-0.2, -0.15) is 11.8 Å². The van der Waals surface area contributed by atoms with E-state index in [0.717, 1.165) is 17.1 Å². The third-order valence-corrected chi connectivity index (χ3v) is 5.91. The number of ether oxygens (including phenoxy) is 1. The molecule has 0 spiro atoms. The molecule has 1 aliphatic heterocycles. The van der Waals surface area contributed by atoms with Crippen molar-refractivity contribution >= 4 is 23.6 Å². The van der Waals surface area contributed by atoms with Crippen LogP contribution in [0.25, 0.3) is 0 Å². The molecule has 0 saturated heterocycles. The summed E-state index contributed by atoms with van der Waals surface area (Å²) in [6.45, 7) is 1.07. The topological polar surface area (TPSA) is 79.5 Å². The van der Waals surface area contributed by atoms with Crippen molar-refractivity contribution < 1.29 is 14.3 Å². The number of carbonyl (C=O) groups is 2. The highest BCUT2D eigenvalue weighted by molar-refractivity contribution is 7.98. The minimum atomic E-state index is -0.554. The fraction of sp³-hybridized carbons (Fsp3) is 0.391. The predicted molar refractivity (Wildman–Crippen MR) is 121 cm³/mol. The Hall–Kier alpha value is -2.51. The van der Waals surface area contributed by atoms with Crippen molar-refractivity contribution in [2.24, 2.45) is 0 Å². The number of nitrogens with one attached hydrogen (secondary N) is 3.